The van der Waals surface area contributed by atoms with Crippen LogP contribution in [-0.4, -0.2) is 5.08 Å². The minimum Gasteiger partial charge on any atom is -0.185 e. The SMILES string of the molecule is C.N#CSCSC#N. The Morgan fingerprint density at radius 1 is 1.12 bits per heavy atom. The zero-order valence-corrected chi connectivity index (χ0v) is 5.05. The maximum atomic E-state index is 7.88. The van der Waals surface area contributed by atoms with E-state index in [0.29, 0.717) is 5.08 Å². The molecule has 0 unspecified atom stereocenters. The van der Waals surface area contributed by atoms with Gasteiger partial charge in [0.1, 0.15) is 10.8 Å². The predicted octanol–water partition coefficient (Wildman–Crippen LogP) is 2.01. The molecule has 0 N–H and O–H groups in total. The van der Waals surface area contributed by atoms with Crippen LogP contribution in [0.3, 0.4) is 0 Å². The van der Waals surface area contributed by atoms with Crippen molar-refractivity contribution >= 4 is 23.5 Å². The van der Waals surface area contributed by atoms with Crippen LogP contribution in [0.2, 0.25) is 0 Å². The van der Waals surface area contributed by atoms with Gasteiger partial charge in [-0.25, -0.2) is 0 Å². The lowest BCUT2D eigenvalue weighted by molar-refractivity contribution is 1.57. The summed E-state index contributed by atoms with van der Waals surface area (Å²) in [5.41, 5.74) is 0. The van der Waals surface area contributed by atoms with Crippen LogP contribution in [0.5, 0.6) is 0 Å². The number of thioether (sulfide) groups is 2. The molecule has 0 aliphatic carbocycles. The largest absolute Gasteiger partial charge is 0.185 e. The summed E-state index contributed by atoms with van der Waals surface area (Å²) in [6.45, 7) is 0. The van der Waals surface area contributed by atoms with Gasteiger partial charge in [0, 0.05) is 0 Å². The van der Waals surface area contributed by atoms with Gasteiger partial charge in [-0.05, 0) is 23.5 Å². The summed E-state index contributed by atoms with van der Waals surface area (Å²) >= 11 is 2.16. The van der Waals surface area contributed by atoms with E-state index in [4.69, 9.17) is 10.5 Å². The first-order chi connectivity index (χ1) is 3.41. The fraction of sp³-hybridized carbons (Fsp3) is 0.500. The Balaban J connectivity index is 0. The number of nitrogens with zero attached hydrogens (tertiary/aromatic N) is 2. The molecule has 0 aliphatic heterocycles. The summed E-state index contributed by atoms with van der Waals surface area (Å²) in [5, 5.41) is 20.0. The molecule has 0 amide bonds. The normalized spacial score (nSPS) is 5.75. The molecule has 0 heterocycles. The van der Waals surface area contributed by atoms with E-state index >= 15 is 0 Å². The number of rotatable bonds is 2. The van der Waals surface area contributed by atoms with Crippen molar-refractivity contribution in [2.75, 3.05) is 5.08 Å². The highest BCUT2D eigenvalue weighted by atomic mass is 32.2. The van der Waals surface area contributed by atoms with Crippen LogP contribution in [0.15, 0.2) is 0 Å². The lowest BCUT2D eigenvalue weighted by Crippen LogP contribution is -1.56. The van der Waals surface area contributed by atoms with Crippen molar-refractivity contribution in [3.8, 4) is 10.8 Å². The summed E-state index contributed by atoms with van der Waals surface area (Å²) in [6.07, 6.45) is 0. The molecule has 0 atom stereocenters. The van der Waals surface area contributed by atoms with Crippen LogP contribution in [0.4, 0.5) is 0 Å². The molecule has 0 spiro atoms. The molecule has 0 fully saturated rings. The van der Waals surface area contributed by atoms with Crippen molar-refractivity contribution in [3.63, 3.8) is 0 Å². The van der Waals surface area contributed by atoms with Gasteiger partial charge in [-0.2, -0.15) is 10.5 Å². The van der Waals surface area contributed by atoms with Gasteiger partial charge in [0.2, 0.25) is 0 Å². The Morgan fingerprint density at radius 3 is 1.75 bits per heavy atom. The first kappa shape index (κ1) is 10.6. The van der Waals surface area contributed by atoms with Crippen molar-refractivity contribution in [2.24, 2.45) is 0 Å². The van der Waals surface area contributed by atoms with Crippen molar-refractivity contribution in [1.82, 2.24) is 0 Å². The summed E-state index contributed by atoms with van der Waals surface area (Å²) in [4.78, 5) is 0. The summed E-state index contributed by atoms with van der Waals surface area (Å²) in [7, 11) is 0. The molecule has 0 aromatic carbocycles. The van der Waals surface area contributed by atoms with Gasteiger partial charge in [-0.1, -0.05) is 7.43 Å². The predicted molar refractivity (Wildman–Crippen MR) is 38.0 cm³/mol. The zero-order chi connectivity index (χ0) is 5.54. The fourth-order valence-electron chi connectivity index (χ4n) is 0.0822. The third-order valence-corrected chi connectivity index (χ3v) is 1.45. The summed E-state index contributed by atoms with van der Waals surface area (Å²) < 4.78 is 0. The maximum absolute atomic E-state index is 7.88. The van der Waals surface area contributed by atoms with Crippen LogP contribution in [0, 0.1) is 21.3 Å². The Morgan fingerprint density at radius 2 is 1.50 bits per heavy atom. The molecule has 0 aliphatic rings. The van der Waals surface area contributed by atoms with Gasteiger partial charge < -0.3 is 0 Å². The number of nitriles is 2. The van der Waals surface area contributed by atoms with Gasteiger partial charge in [0.25, 0.3) is 0 Å². The third kappa shape index (κ3) is 9.19. The van der Waals surface area contributed by atoms with E-state index in [0.717, 1.165) is 23.5 Å². The topological polar surface area (TPSA) is 47.6 Å². The van der Waals surface area contributed by atoms with Crippen LogP contribution < -0.4 is 0 Å². The summed E-state index contributed by atoms with van der Waals surface area (Å²) in [6, 6.07) is 0. The highest BCUT2D eigenvalue weighted by Gasteiger charge is 1.80. The summed E-state index contributed by atoms with van der Waals surface area (Å²) in [5.74, 6) is 0. The quantitative estimate of drug-likeness (QED) is 0.339. The minimum atomic E-state index is 0. The van der Waals surface area contributed by atoms with Gasteiger partial charge in [-0.15, -0.1) is 0 Å². The smallest absolute Gasteiger partial charge is 0.134 e. The molecule has 4 heteroatoms. The molecule has 0 saturated heterocycles. The Kier molecular flexibility index (Phi) is 13.1. The number of hydrogen-bond acceptors (Lipinski definition) is 4. The minimum absolute atomic E-state index is 0. The zero-order valence-electron chi connectivity index (χ0n) is 3.42. The molecule has 0 radical (unpaired) electrons. The second-order valence-electron chi connectivity index (χ2n) is 0.589. The standard InChI is InChI=1S/C3H2N2S2.CH4/c4-1-6-3-7-2-5;/h3H2;1H4. The van der Waals surface area contributed by atoms with Crippen LogP contribution in [-0.2, 0) is 0 Å². The van der Waals surface area contributed by atoms with Crippen molar-refractivity contribution < 1.29 is 0 Å². The number of hydrogen-bond donors (Lipinski definition) is 0. The molecule has 44 valence electrons. The van der Waals surface area contributed by atoms with E-state index in [9.17, 15) is 0 Å². The Hall–Kier alpha value is -0.320. The van der Waals surface area contributed by atoms with Crippen molar-refractivity contribution in [1.29, 1.82) is 10.5 Å². The molecule has 0 rings (SSSR count). The Labute approximate surface area is 57.9 Å². The molecular formula is C4H6N2S2. The maximum Gasteiger partial charge on any atom is 0.134 e. The molecule has 0 saturated carbocycles. The van der Waals surface area contributed by atoms with Crippen LogP contribution >= 0.6 is 23.5 Å². The van der Waals surface area contributed by atoms with Gasteiger partial charge in [0.05, 0.1) is 5.08 Å². The molecule has 8 heavy (non-hydrogen) atoms. The molecule has 0 bridgehead atoms. The van der Waals surface area contributed by atoms with Gasteiger partial charge in [0.15, 0.2) is 0 Å². The van der Waals surface area contributed by atoms with Crippen LogP contribution in [0.25, 0.3) is 0 Å². The first-order valence-electron chi connectivity index (χ1n) is 1.43. The van der Waals surface area contributed by atoms with E-state index in [1.807, 2.05) is 10.8 Å². The average molecular weight is 146 g/mol. The lowest BCUT2D eigenvalue weighted by Gasteiger charge is -1.74. The van der Waals surface area contributed by atoms with E-state index < -0.39 is 0 Å². The number of thiocyanates is 2. The molecule has 0 aromatic heterocycles. The van der Waals surface area contributed by atoms with Crippen molar-refractivity contribution in [3.05, 3.63) is 0 Å². The van der Waals surface area contributed by atoms with E-state index in [1.54, 1.807) is 0 Å². The fourth-order valence-corrected chi connectivity index (χ4v) is 0.740. The highest BCUT2D eigenvalue weighted by molar-refractivity contribution is 8.20. The lowest BCUT2D eigenvalue weighted by atomic mass is 11.8. The van der Waals surface area contributed by atoms with Crippen molar-refractivity contribution in [2.45, 2.75) is 7.43 Å². The second kappa shape index (κ2) is 9.84. The average Bonchev–Trinajstić information content (AvgIpc) is 1.69. The van der Waals surface area contributed by atoms with E-state index in [-0.39, 0.29) is 7.43 Å². The molecule has 0 aromatic rings. The van der Waals surface area contributed by atoms with E-state index in [1.165, 1.54) is 0 Å². The molecular weight excluding hydrogens is 140 g/mol. The van der Waals surface area contributed by atoms with Crippen LogP contribution in [0.1, 0.15) is 7.43 Å². The molecule has 2 nitrogen and oxygen atoms in total. The third-order valence-electron chi connectivity index (χ3n) is 0.247. The monoisotopic (exact) mass is 146 g/mol. The van der Waals surface area contributed by atoms with Gasteiger partial charge >= 0.3 is 0 Å². The second-order valence-corrected chi connectivity index (χ2v) is 2.47. The Bertz CT molecular complexity index is 96.2. The van der Waals surface area contributed by atoms with E-state index in [2.05, 4.69) is 0 Å². The highest BCUT2D eigenvalue weighted by Crippen LogP contribution is 2.06. The first-order valence-corrected chi connectivity index (χ1v) is 3.40. The van der Waals surface area contributed by atoms with Gasteiger partial charge in [-0.3, -0.25) is 0 Å².